The average Bonchev–Trinajstić information content (AvgIpc) is 2.27. The summed E-state index contributed by atoms with van der Waals surface area (Å²) < 4.78 is 5.97. The summed E-state index contributed by atoms with van der Waals surface area (Å²) in [5.74, 6) is 0. The molecule has 0 radical (unpaired) electrons. The van der Waals surface area contributed by atoms with Crippen molar-refractivity contribution >= 4 is 0 Å². The third kappa shape index (κ3) is 5.85. The van der Waals surface area contributed by atoms with Gasteiger partial charge in [-0.05, 0) is 40.2 Å². The van der Waals surface area contributed by atoms with Crippen molar-refractivity contribution in [3.05, 3.63) is 35.9 Å². The fourth-order valence-corrected chi connectivity index (χ4v) is 1.65. The molecule has 2 heteroatoms. The van der Waals surface area contributed by atoms with Crippen LogP contribution in [0.15, 0.2) is 30.3 Å². The van der Waals surface area contributed by atoms with Gasteiger partial charge < -0.3 is 10.1 Å². The Bertz CT molecular complexity index is 315. The van der Waals surface area contributed by atoms with E-state index in [1.165, 1.54) is 5.56 Å². The van der Waals surface area contributed by atoms with Crippen molar-refractivity contribution in [1.82, 2.24) is 5.32 Å². The minimum Gasteiger partial charge on any atom is -0.370 e. The van der Waals surface area contributed by atoms with Crippen LogP contribution in [0.3, 0.4) is 0 Å². The van der Waals surface area contributed by atoms with Crippen LogP contribution in [0.25, 0.3) is 0 Å². The normalized spacial score (nSPS) is 15.6. The fraction of sp³-hybridized carbons (Fsp3) is 0.600. The monoisotopic (exact) mass is 235 g/mol. The molecule has 0 aliphatic heterocycles. The van der Waals surface area contributed by atoms with Crippen molar-refractivity contribution in [1.29, 1.82) is 0 Å². The molecule has 0 aromatic heterocycles. The van der Waals surface area contributed by atoms with Gasteiger partial charge in [-0.15, -0.1) is 0 Å². The Morgan fingerprint density at radius 2 is 1.71 bits per heavy atom. The third-order valence-corrected chi connectivity index (χ3v) is 2.63. The van der Waals surface area contributed by atoms with Gasteiger partial charge >= 0.3 is 0 Å². The molecule has 0 spiro atoms. The van der Waals surface area contributed by atoms with Gasteiger partial charge in [-0.25, -0.2) is 0 Å². The molecule has 2 atom stereocenters. The first-order valence-electron chi connectivity index (χ1n) is 6.34. The molecule has 2 nitrogen and oxygen atoms in total. The van der Waals surface area contributed by atoms with Gasteiger partial charge in [0.2, 0.25) is 0 Å². The molecule has 96 valence electrons. The molecule has 0 fully saturated rings. The Morgan fingerprint density at radius 1 is 1.12 bits per heavy atom. The van der Waals surface area contributed by atoms with Gasteiger partial charge in [0.15, 0.2) is 0 Å². The van der Waals surface area contributed by atoms with Gasteiger partial charge in [-0.1, -0.05) is 30.3 Å². The molecule has 0 amide bonds. The lowest BCUT2D eigenvalue weighted by Crippen LogP contribution is -2.40. The zero-order chi connectivity index (χ0) is 12.9. The zero-order valence-corrected chi connectivity index (χ0v) is 11.7. The molecule has 1 N–H and O–H groups in total. The van der Waals surface area contributed by atoms with Gasteiger partial charge in [-0.2, -0.15) is 0 Å². The van der Waals surface area contributed by atoms with Crippen LogP contribution in [0.5, 0.6) is 0 Å². The first kappa shape index (κ1) is 14.2. The van der Waals surface area contributed by atoms with Crippen LogP contribution in [0.1, 0.15) is 46.3 Å². The molecule has 1 rings (SSSR count). The number of ether oxygens (including phenoxy) is 1. The molecule has 0 bridgehead atoms. The van der Waals surface area contributed by atoms with Crippen LogP contribution in [0.2, 0.25) is 0 Å². The summed E-state index contributed by atoms with van der Waals surface area (Å²) in [6.45, 7) is 11.6. The van der Waals surface area contributed by atoms with Crippen molar-refractivity contribution in [2.45, 2.75) is 52.4 Å². The Kier molecular flexibility index (Phi) is 5.16. The highest BCUT2D eigenvalue weighted by atomic mass is 16.5. The van der Waals surface area contributed by atoms with Crippen LogP contribution in [0, 0.1) is 0 Å². The van der Waals surface area contributed by atoms with E-state index in [1.807, 2.05) is 18.2 Å². The van der Waals surface area contributed by atoms with Crippen LogP contribution in [-0.2, 0) is 4.74 Å². The molecule has 1 aromatic carbocycles. The Morgan fingerprint density at radius 3 is 2.24 bits per heavy atom. The smallest absolute Gasteiger partial charge is 0.0801 e. The topological polar surface area (TPSA) is 21.3 Å². The molecular formula is C15H25NO. The van der Waals surface area contributed by atoms with Gasteiger partial charge in [0, 0.05) is 12.1 Å². The Labute approximate surface area is 105 Å². The molecule has 0 saturated carbocycles. The molecule has 0 heterocycles. The number of hydrogen-bond donors (Lipinski definition) is 1. The van der Waals surface area contributed by atoms with Crippen molar-refractivity contribution in [2.75, 3.05) is 6.54 Å². The second-order valence-electron chi connectivity index (χ2n) is 5.63. The maximum Gasteiger partial charge on any atom is 0.0801 e. The summed E-state index contributed by atoms with van der Waals surface area (Å²) in [4.78, 5) is 0. The molecule has 17 heavy (non-hydrogen) atoms. The predicted octanol–water partition coefficient (Wildman–Crippen LogP) is 3.54. The zero-order valence-electron chi connectivity index (χ0n) is 11.7. The van der Waals surface area contributed by atoms with Crippen molar-refractivity contribution in [3.8, 4) is 0 Å². The van der Waals surface area contributed by atoms with E-state index < -0.39 is 0 Å². The first-order chi connectivity index (χ1) is 7.88. The maximum atomic E-state index is 5.97. The predicted molar refractivity (Wildman–Crippen MR) is 73.2 cm³/mol. The van der Waals surface area contributed by atoms with E-state index in [1.54, 1.807) is 0 Å². The summed E-state index contributed by atoms with van der Waals surface area (Å²) >= 11 is 0. The van der Waals surface area contributed by atoms with Crippen molar-refractivity contribution in [2.24, 2.45) is 0 Å². The lowest BCUT2D eigenvalue weighted by atomic mass is 10.1. The van der Waals surface area contributed by atoms with Crippen LogP contribution in [0.4, 0.5) is 0 Å². The van der Waals surface area contributed by atoms with Crippen molar-refractivity contribution in [3.63, 3.8) is 0 Å². The average molecular weight is 235 g/mol. The molecular weight excluding hydrogens is 210 g/mol. The fourth-order valence-electron chi connectivity index (χ4n) is 1.65. The number of rotatable bonds is 5. The highest BCUT2D eigenvalue weighted by Crippen LogP contribution is 2.17. The van der Waals surface area contributed by atoms with Gasteiger partial charge in [0.05, 0.1) is 12.2 Å². The van der Waals surface area contributed by atoms with E-state index in [0.29, 0.717) is 0 Å². The highest BCUT2D eigenvalue weighted by molar-refractivity contribution is 5.16. The van der Waals surface area contributed by atoms with E-state index in [9.17, 15) is 0 Å². The lowest BCUT2D eigenvalue weighted by Gasteiger charge is -2.25. The summed E-state index contributed by atoms with van der Waals surface area (Å²) in [5.41, 5.74) is 1.38. The summed E-state index contributed by atoms with van der Waals surface area (Å²) in [6.07, 6.45) is 0.359. The van der Waals surface area contributed by atoms with Gasteiger partial charge in [0.25, 0.3) is 0 Å². The summed E-state index contributed by atoms with van der Waals surface area (Å²) in [7, 11) is 0. The molecule has 0 aliphatic rings. The third-order valence-electron chi connectivity index (χ3n) is 2.63. The number of benzene rings is 1. The van der Waals surface area contributed by atoms with E-state index in [4.69, 9.17) is 4.74 Å². The molecule has 1 aromatic rings. The summed E-state index contributed by atoms with van der Waals surface area (Å²) in [6, 6.07) is 10.3. The molecule has 2 unspecified atom stereocenters. The van der Waals surface area contributed by atoms with Crippen LogP contribution < -0.4 is 5.32 Å². The van der Waals surface area contributed by atoms with Crippen LogP contribution in [-0.4, -0.2) is 18.2 Å². The first-order valence-corrected chi connectivity index (χ1v) is 6.34. The molecule has 0 saturated heterocycles. The van der Waals surface area contributed by atoms with E-state index >= 15 is 0 Å². The van der Waals surface area contributed by atoms with Crippen LogP contribution >= 0.6 is 0 Å². The van der Waals surface area contributed by atoms with E-state index in [2.05, 4.69) is 52.1 Å². The standard InChI is InChI=1S/C15H25NO/c1-12(11-16-15(3,4)5)17-13(2)14-9-7-6-8-10-14/h6-10,12-13,16H,11H2,1-5H3. The quantitative estimate of drug-likeness (QED) is 0.843. The minimum absolute atomic E-state index is 0.146. The molecule has 0 aliphatic carbocycles. The van der Waals surface area contributed by atoms with E-state index in [0.717, 1.165) is 6.54 Å². The lowest BCUT2D eigenvalue weighted by molar-refractivity contribution is 0.00505. The van der Waals surface area contributed by atoms with E-state index in [-0.39, 0.29) is 17.7 Å². The summed E-state index contributed by atoms with van der Waals surface area (Å²) in [5, 5.41) is 3.45. The SMILES string of the molecule is CC(CNC(C)(C)C)OC(C)c1ccccc1. The largest absolute Gasteiger partial charge is 0.370 e. The Hall–Kier alpha value is -0.860. The highest BCUT2D eigenvalue weighted by Gasteiger charge is 2.14. The number of nitrogens with one attached hydrogen (secondary N) is 1. The maximum absolute atomic E-state index is 5.97. The van der Waals surface area contributed by atoms with Gasteiger partial charge in [-0.3, -0.25) is 0 Å². The van der Waals surface area contributed by atoms with Gasteiger partial charge in [0.1, 0.15) is 0 Å². The minimum atomic E-state index is 0.146. The second-order valence-corrected chi connectivity index (χ2v) is 5.63. The second kappa shape index (κ2) is 6.18. The van der Waals surface area contributed by atoms with Crippen molar-refractivity contribution < 1.29 is 4.74 Å². The number of hydrogen-bond acceptors (Lipinski definition) is 2. The Balaban J connectivity index is 2.39.